The first-order chi connectivity index (χ1) is 9.22. The van der Waals surface area contributed by atoms with Crippen LogP contribution in [0, 0.1) is 0 Å². The molecule has 0 fully saturated rings. The fraction of sp³-hybridized carbons (Fsp3) is 0.167. The van der Waals surface area contributed by atoms with Crippen LogP contribution in [0.3, 0.4) is 0 Å². The first-order valence-electron chi connectivity index (χ1n) is 5.62. The Kier molecular flexibility index (Phi) is 4.48. The second kappa shape index (κ2) is 6.31. The summed E-state index contributed by atoms with van der Waals surface area (Å²) in [5, 5.41) is 5.52. The number of nitrogens with one attached hydrogen (secondary N) is 1. The normalized spacial score (nSPS) is 12.1. The van der Waals surface area contributed by atoms with Crippen LogP contribution < -0.4 is 4.72 Å². The van der Waals surface area contributed by atoms with Gasteiger partial charge in [0.1, 0.15) is 0 Å². The topological polar surface area (TPSA) is 98.1 Å². The van der Waals surface area contributed by atoms with Gasteiger partial charge in [-0.1, -0.05) is 41.5 Å². The van der Waals surface area contributed by atoms with E-state index in [9.17, 15) is 4.21 Å². The fourth-order valence-corrected chi connectivity index (χ4v) is 2.26. The summed E-state index contributed by atoms with van der Waals surface area (Å²) in [4.78, 5) is 2.81. The highest BCUT2D eigenvalue weighted by atomic mass is 32.2. The molecule has 2 N–H and O–H groups in total. The molecule has 1 unspecified atom stereocenters. The number of azide groups is 1. The van der Waals surface area contributed by atoms with Crippen molar-refractivity contribution in [3.63, 3.8) is 0 Å². The van der Waals surface area contributed by atoms with E-state index in [4.69, 9.17) is 10.1 Å². The van der Waals surface area contributed by atoms with Gasteiger partial charge < -0.3 is 0 Å². The molecule has 6 nitrogen and oxygen atoms in total. The van der Waals surface area contributed by atoms with Crippen molar-refractivity contribution in [1.29, 1.82) is 0 Å². The van der Waals surface area contributed by atoms with E-state index in [1.54, 1.807) is 6.07 Å². The van der Waals surface area contributed by atoms with Crippen molar-refractivity contribution in [3.8, 4) is 0 Å². The molecule has 1 atom stereocenters. The molecule has 0 bridgehead atoms. The highest BCUT2D eigenvalue weighted by molar-refractivity contribution is 7.77. The zero-order chi connectivity index (χ0) is 13.7. The lowest BCUT2D eigenvalue weighted by molar-refractivity contribution is 0.549. The average molecular weight is 276 g/mol. The second-order valence-corrected chi connectivity index (χ2v) is 4.66. The molecule has 0 saturated heterocycles. The van der Waals surface area contributed by atoms with Gasteiger partial charge in [-0.15, -0.1) is 0 Å². The molecule has 0 amide bonds. The lowest BCUT2D eigenvalue weighted by Crippen LogP contribution is -2.19. The van der Waals surface area contributed by atoms with E-state index in [-0.39, 0.29) is 0 Å². The second-order valence-electron chi connectivity index (χ2n) is 3.87. The number of rotatable bonds is 5. The molecule has 2 aromatic carbocycles. The molecule has 2 aromatic rings. The molecule has 7 heteroatoms. The van der Waals surface area contributed by atoms with Gasteiger partial charge >= 0.3 is 0 Å². The molecular formula is C12H12N4O2S. The van der Waals surface area contributed by atoms with Gasteiger partial charge in [-0.2, -0.15) is 0 Å². The smallest absolute Gasteiger partial charge is 0.231 e. The maximum absolute atomic E-state index is 10.5. The Hall–Kier alpha value is -1.92. The summed E-state index contributed by atoms with van der Waals surface area (Å²) in [6.45, 7) is 0.397. The molecule has 0 heterocycles. The maximum Gasteiger partial charge on any atom is 0.231 e. The number of fused-ring (bicyclic) bond motifs is 1. The predicted octanol–water partition coefficient (Wildman–Crippen LogP) is 3.05. The highest BCUT2D eigenvalue weighted by Crippen LogP contribution is 2.28. The van der Waals surface area contributed by atoms with Crippen LogP contribution >= 0.6 is 0 Å². The van der Waals surface area contributed by atoms with E-state index in [1.165, 1.54) is 0 Å². The van der Waals surface area contributed by atoms with Gasteiger partial charge in [-0.3, -0.25) is 4.55 Å². The molecule has 19 heavy (non-hydrogen) atoms. The highest BCUT2D eigenvalue weighted by Gasteiger charge is 2.04. The molecule has 98 valence electrons. The maximum atomic E-state index is 10.5. The minimum Gasteiger partial charge on any atom is -0.294 e. The standard InChI is InChI=1S/C12H12N4O2S/c13-16-15-12-6-2-4-10-9(3-1-5-11(10)12)7-8-14-19(17)18/h1-6,14H,7-8H2,(H,17,18). The van der Waals surface area contributed by atoms with Gasteiger partial charge in [0.15, 0.2) is 0 Å². The first kappa shape index (κ1) is 13.5. The van der Waals surface area contributed by atoms with Crippen molar-refractivity contribution < 1.29 is 8.76 Å². The molecular weight excluding hydrogens is 264 g/mol. The molecule has 0 aliphatic carbocycles. The Morgan fingerprint density at radius 3 is 2.74 bits per heavy atom. The van der Waals surface area contributed by atoms with Gasteiger partial charge in [-0.25, -0.2) is 8.93 Å². The van der Waals surface area contributed by atoms with Crippen LogP contribution in [0.15, 0.2) is 41.5 Å². The van der Waals surface area contributed by atoms with Crippen LogP contribution in [0.5, 0.6) is 0 Å². The molecule has 0 aliphatic rings. The fourth-order valence-electron chi connectivity index (χ4n) is 1.98. The van der Waals surface area contributed by atoms with Crippen molar-refractivity contribution in [3.05, 3.63) is 52.4 Å². The Morgan fingerprint density at radius 1 is 1.26 bits per heavy atom. The minimum absolute atomic E-state index is 0.397. The van der Waals surface area contributed by atoms with Crippen LogP contribution in [0.4, 0.5) is 5.69 Å². The summed E-state index contributed by atoms with van der Waals surface area (Å²) in [5.41, 5.74) is 10.2. The Labute approximate surface area is 112 Å². The third kappa shape index (κ3) is 3.30. The monoisotopic (exact) mass is 276 g/mol. The summed E-state index contributed by atoms with van der Waals surface area (Å²) in [6.07, 6.45) is 0.614. The first-order valence-corrected chi connectivity index (χ1v) is 6.73. The van der Waals surface area contributed by atoms with Crippen molar-refractivity contribution in [2.75, 3.05) is 6.54 Å². The molecule has 0 radical (unpaired) electrons. The van der Waals surface area contributed by atoms with Gasteiger partial charge in [0.05, 0.1) is 0 Å². The molecule has 0 saturated carbocycles. The average Bonchev–Trinajstić information content (AvgIpc) is 2.39. The summed E-state index contributed by atoms with van der Waals surface area (Å²) < 4.78 is 21.6. The summed E-state index contributed by atoms with van der Waals surface area (Å²) in [6, 6.07) is 11.2. The zero-order valence-electron chi connectivity index (χ0n) is 9.98. The van der Waals surface area contributed by atoms with Gasteiger partial charge in [0.25, 0.3) is 0 Å². The minimum atomic E-state index is -2.00. The van der Waals surface area contributed by atoms with Gasteiger partial charge in [0, 0.05) is 17.1 Å². The van der Waals surface area contributed by atoms with Crippen molar-refractivity contribution in [2.24, 2.45) is 5.11 Å². The Balaban J connectivity index is 2.37. The van der Waals surface area contributed by atoms with Crippen LogP contribution in [0.2, 0.25) is 0 Å². The third-order valence-corrected chi connectivity index (χ3v) is 3.21. The van der Waals surface area contributed by atoms with E-state index in [2.05, 4.69) is 14.7 Å². The van der Waals surface area contributed by atoms with E-state index >= 15 is 0 Å². The quantitative estimate of drug-likeness (QED) is 0.379. The summed E-state index contributed by atoms with van der Waals surface area (Å²) in [5.74, 6) is 0. The Morgan fingerprint density at radius 2 is 2.00 bits per heavy atom. The van der Waals surface area contributed by atoms with E-state index in [1.807, 2.05) is 30.3 Å². The van der Waals surface area contributed by atoms with Crippen molar-refractivity contribution >= 4 is 27.7 Å². The van der Waals surface area contributed by atoms with Crippen molar-refractivity contribution in [1.82, 2.24) is 4.72 Å². The third-order valence-electron chi connectivity index (χ3n) is 2.76. The van der Waals surface area contributed by atoms with E-state index in [0.717, 1.165) is 16.3 Å². The largest absolute Gasteiger partial charge is 0.294 e. The number of nitrogens with zero attached hydrogens (tertiary/aromatic N) is 3. The lowest BCUT2D eigenvalue weighted by atomic mass is 10.0. The number of benzene rings is 2. The van der Waals surface area contributed by atoms with E-state index in [0.29, 0.717) is 18.7 Å². The number of hydrogen-bond acceptors (Lipinski definition) is 2. The van der Waals surface area contributed by atoms with Gasteiger partial charge in [0.2, 0.25) is 11.3 Å². The van der Waals surface area contributed by atoms with Crippen LogP contribution in [0.25, 0.3) is 21.2 Å². The SMILES string of the molecule is [N-]=[N+]=Nc1cccc2c(CCNS(=O)O)cccc12. The molecule has 0 aliphatic heterocycles. The Bertz CT molecular complexity index is 668. The summed E-state index contributed by atoms with van der Waals surface area (Å²) >= 11 is -2.00. The van der Waals surface area contributed by atoms with E-state index < -0.39 is 11.3 Å². The lowest BCUT2D eigenvalue weighted by Gasteiger charge is -2.08. The van der Waals surface area contributed by atoms with Crippen LogP contribution in [-0.4, -0.2) is 15.3 Å². The van der Waals surface area contributed by atoms with Crippen LogP contribution in [0.1, 0.15) is 5.56 Å². The van der Waals surface area contributed by atoms with Crippen molar-refractivity contribution in [2.45, 2.75) is 6.42 Å². The number of hydrogen-bond donors (Lipinski definition) is 2. The zero-order valence-corrected chi connectivity index (χ0v) is 10.8. The molecule has 0 spiro atoms. The molecule has 2 rings (SSSR count). The predicted molar refractivity (Wildman–Crippen MR) is 75.2 cm³/mol. The van der Waals surface area contributed by atoms with Crippen LogP contribution in [-0.2, 0) is 17.7 Å². The summed E-state index contributed by atoms with van der Waals surface area (Å²) in [7, 11) is 0. The van der Waals surface area contributed by atoms with Gasteiger partial charge in [-0.05, 0) is 28.3 Å². The molecule has 0 aromatic heterocycles.